The molecule has 0 fully saturated rings. The number of rotatable bonds is 5. The third-order valence-electron chi connectivity index (χ3n) is 3.27. The Kier molecular flexibility index (Phi) is 5.76. The van der Waals surface area contributed by atoms with Gasteiger partial charge in [0.2, 0.25) is 20.0 Å². The molecule has 0 atom stereocenters. The smallest absolute Gasteiger partial charge is 0.255 e. The van der Waals surface area contributed by atoms with E-state index in [1.54, 1.807) is 20.8 Å². The lowest BCUT2D eigenvalue weighted by Crippen LogP contribution is -2.40. The number of sulfonamides is 2. The fraction of sp³-hybridized carbons (Fsp3) is 0.235. The third kappa shape index (κ3) is 5.86. The molecule has 27 heavy (non-hydrogen) atoms. The fourth-order valence-electron chi connectivity index (χ4n) is 2.22. The molecule has 2 aromatic carbocycles. The molecule has 2 rings (SSSR count). The number of nitrogens with two attached hydrogens (primary N) is 1. The molecule has 0 aromatic heterocycles. The van der Waals surface area contributed by atoms with Crippen LogP contribution in [0.1, 0.15) is 31.1 Å². The molecule has 0 unspecified atom stereocenters. The molecule has 146 valence electrons. The van der Waals surface area contributed by atoms with Gasteiger partial charge in [0.15, 0.2) is 0 Å². The SMILES string of the molecule is CC(C)(C)NS(=O)(=O)c1cccc(C(=O)Nc2cccc(S(N)(=O)=O)c2)c1. The highest BCUT2D eigenvalue weighted by molar-refractivity contribution is 7.89. The monoisotopic (exact) mass is 411 g/mol. The molecule has 0 aliphatic heterocycles. The molecule has 4 N–H and O–H groups in total. The van der Waals surface area contributed by atoms with Crippen molar-refractivity contribution in [2.45, 2.75) is 36.1 Å². The Hall–Kier alpha value is -2.27. The topological polar surface area (TPSA) is 135 Å². The number of anilines is 1. The summed E-state index contributed by atoms with van der Waals surface area (Å²) in [5, 5.41) is 7.59. The van der Waals surface area contributed by atoms with Gasteiger partial charge in [0.05, 0.1) is 9.79 Å². The number of carbonyl (C=O) groups excluding carboxylic acids is 1. The highest BCUT2D eigenvalue weighted by atomic mass is 32.2. The minimum absolute atomic E-state index is 0.0524. The van der Waals surface area contributed by atoms with E-state index in [1.807, 2.05) is 0 Å². The molecule has 0 aliphatic rings. The van der Waals surface area contributed by atoms with Crippen LogP contribution in [0.5, 0.6) is 0 Å². The average Bonchev–Trinajstić information content (AvgIpc) is 2.52. The number of nitrogens with one attached hydrogen (secondary N) is 2. The summed E-state index contributed by atoms with van der Waals surface area (Å²) in [6.07, 6.45) is 0. The Balaban J connectivity index is 2.29. The van der Waals surface area contributed by atoms with Crippen LogP contribution in [0.25, 0.3) is 0 Å². The quantitative estimate of drug-likeness (QED) is 0.687. The maximum Gasteiger partial charge on any atom is 0.255 e. The maximum atomic E-state index is 12.4. The summed E-state index contributed by atoms with van der Waals surface area (Å²) in [7, 11) is -7.71. The van der Waals surface area contributed by atoms with Gasteiger partial charge in [-0.1, -0.05) is 12.1 Å². The molecule has 0 aliphatic carbocycles. The van der Waals surface area contributed by atoms with E-state index in [-0.39, 0.29) is 21.0 Å². The molecule has 0 radical (unpaired) electrons. The molecular weight excluding hydrogens is 390 g/mol. The van der Waals surface area contributed by atoms with Gasteiger partial charge in [-0.05, 0) is 57.2 Å². The standard InChI is InChI=1S/C17H21N3O5S2/c1-17(2,3)20-27(24,25)15-9-4-6-12(10-15)16(21)19-13-7-5-8-14(11-13)26(18,22)23/h4-11,20H,1-3H3,(H,19,21)(H2,18,22,23). The minimum atomic E-state index is -3.91. The number of hydrogen-bond acceptors (Lipinski definition) is 5. The van der Waals surface area contributed by atoms with E-state index in [2.05, 4.69) is 10.0 Å². The average molecular weight is 412 g/mol. The normalized spacial score (nSPS) is 12.6. The van der Waals surface area contributed by atoms with E-state index in [4.69, 9.17) is 5.14 Å². The van der Waals surface area contributed by atoms with Crippen LogP contribution in [-0.2, 0) is 20.0 Å². The molecule has 0 spiro atoms. The van der Waals surface area contributed by atoms with Crippen LogP contribution in [0.2, 0.25) is 0 Å². The van der Waals surface area contributed by atoms with Crippen LogP contribution in [0.3, 0.4) is 0 Å². The summed E-state index contributed by atoms with van der Waals surface area (Å²) in [5.41, 5.74) is -0.356. The van der Waals surface area contributed by atoms with Crippen LogP contribution in [0.15, 0.2) is 58.3 Å². The zero-order chi connectivity index (χ0) is 20.5. The highest BCUT2D eigenvalue weighted by Gasteiger charge is 2.23. The predicted molar refractivity (Wildman–Crippen MR) is 102 cm³/mol. The largest absolute Gasteiger partial charge is 0.322 e. The Bertz CT molecular complexity index is 1070. The van der Waals surface area contributed by atoms with E-state index in [1.165, 1.54) is 48.5 Å². The van der Waals surface area contributed by atoms with Gasteiger partial charge in [-0.25, -0.2) is 26.7 Å². The molecule has 1 amide bonds. The van der Waals surface area contributed by atoms with E-state index in [9.17, 15) is 21.6 Å². The number of carbonyl (C=O) groups is 1. The van der Waals surface area contributed by atoms with Crippen molar-refractivity contribution in [1.82, 2.24) is 4.72 Å². The first-order valence-corrected chi connectivity index (χ1v) is 10.9. The van der Waals surface area contributed by atoms with Crippen molar-refractivity contribution in [2.24, 2.45) is 5.14 Å². The first-order chi connectivity index (χ1) is 12.3. The Morgan fingerprint density at radius 1 is 0.926 bits per heavy atom. The number of benzene rings is 2. The number of amides is 1. The highest BCUT2D eigenvalue weighted by Crippen LogP contribution is 2.18. The van der Waals surface area contributed by atoms with Crippen molar-refractivity contribution in [2.75, 3.05) is 5.32 Å². The van der Waals surface area contributed by atoms with Gasteiger partial charge in [0.25, 0.3) is 5.91 Å². The lowest BCUT2D eigenvalue weighted by atomic mass is 10.1. The van der Waals surface area contributed by atoms with Crippen molar-refractivity contribution < 1.29 is 21.6 Å². The van der Waals surface area contributed by atoms with Gasteiger partial charge in [0, 0.05) is 16.8 Å². The first kappa shape index (κ1) is 21.0. The Labute approximate surface area is 158 Å². The Morgan fingerprint density at radius 3 is 2.11 bits per heavy atom. The zero-order valence-electron chi connectivity index (χ0n) is 15.1. The van der Waals surface area contributed by atoms with Gasteiger partial charge in [-0.15, -0.1) is 0 Å². The third-order valence-corrected chi connectivity index (χ3v) is 5.93. The molecular formula is C17H21N3O5S2. The van der Waals surface area contributed by atoms with Gasteiger partial charge in [-0.3, -0.25) is 4.79 Å². The van der Waals surface area contributed by atoms with Gasteiger partial charge < -0.3 is 5.32 Å². The second-order valence-corrected chi connectivity index (χ2v) is 10.2. The van der Waals surface area contributed by atoms with Crippen LogP contribution >= 0.6 is 0 Å². The van der Waals surface area contributed by atoms with Crippen molar-refractivity contribution in [3.63, 3.8) is 0 Å². The van der Waals surface area contributed by atoms with E-state index < -0.39 is 31.5 Å². The van der Waals surface area contributed by atoms with Gasteiger partial charge in [0.1, 0.15) is 0 Å². The summed E-state index contributed by atoms with van der Waals surface area (Å²) in [5.74, 6) is -0.589. The fourth-order valence-corrected chi connectivity index (χ4v) is 4.24. The van der Waals surface area contributed by atoms with Crippen LogP contribution in [0, 0.1) is 0 Å². The second-order valence-electron chi connectivity index (χ2n) is 6.91. The van der Waals surface area contributed by atoms with Gasteiger partial charge in [-0.2, -0.15) is 0 Å². The number of hydrogen-bond donors (Lipinski definition) is 3. The Morgan fingerprint density at radius 2 is 1.52 bits per heavy atom. The molecule has 0 saturated heterocycles. The van der Waals surface area contributed by atoms with Crippen LogP contribution in [-0.4, -0.2) is 28.3 Å². The molecule has 2 aromatic rings. The predicted octanol–water partition coefficient (Wildman–Crippen LogP) is 1.66. The van der Waals surface area contributed by atoms with E-state index in [0.29, 0.717) is 0 Å². The van der Waals surface area contributed by atoms with Gasteiger partial charge >= 0.3 is 0 Å². The maximum absolute atomic E-state index is 12.4. The lowest BCUT2D eigenvalue weighted by molar-refractivity contribution is 0.102. The van der Waals surface area contributed by atoms with Crippen LogP contribution in [0.4, 0.5) is 5.69 Å². The molecule has 0 heterocycles. The van der Waals surface area contributed by atoms with E-state index in [0.717, 1.165) is 0 Å². The number of primary sulfonamides is 1. The molecule has 8 nitrogen and oxygen atoms in total. The molecule has 0 saturated carbocycles. The van der Waals surface area contributed by atoms with Crippen molar-refractivity contribution in [1.29, 1.82) is 0 Å². The van der Waals surface area contributed by atoms with Crippen LogP contribution < -0.4 is 15.2 Å². The molecule has 0 bridgehead atoms. The molecule has 10 heteroatoms. The minimum Gasteiger partial charge on any atom is -0.322 e. The summed E-state index contributed by atoms with van der Waals surface area (Å²) in [6.45, 7) is 5.12. The summed E-state index contributed by atoms with van der Waals surface area (Å²) in [6, 6.07) is 11.0. The van der Waals surface area contributed by atoms with Crippen molar-refractivity contribution >= 4 is 31.6 Å². The summed E-state index contributed by atoms with van der Waals surface area (Å²) >= 11 is 0. The summed E-state index contributed by atoms with van der Waals surface area (Å²) < 4.78 is 50.1. The van der Waals surface area contributed by atoms with Crippen molar-refractivity contribution in [3.05, 3.63) is 54.1 Å². The zero-order valence-corrected chi connectivity index (χ0v) is 16.7. The first-order valence-electron chi connectivity index (χ1n) is 7.86. The van der Waals surface area contributed by atoms with E-state index >= 15 is 0 Å². The summed E-state index contributed by atoms with van der Waals surface area (Å²) in [4.78, 5) is 12.2. The second kappa shape index (κ2) is 7.39. The van der Waals surface area contributed by atoms with Crippen molar-refractivity contribution in [3.8, 4) is 0 Å². The lowest BCUT2D eigenvalue weighted by Gasteiger charge is -2.20.